The van der Waals surface area contributed by atoms with Gasteiger partial charge in [0.2, 0.25) is 0 Å². The van der Waals surface area contributed by atoms with E-state index in [0.29, 0.717) is 12.0 Å². The number of urea groups is 1. The Hall–Kier alpha value is -3.66. The lowest BCUT2D eigenvalue weighted by atomic mass is 10.0. The third kappa shape index (κ3) is 4.18. The minimum Gasteiger partial charge on any atom is -0.480 e. The summed E-state index contributed by atoms with van der Waals surface area (Å²) in [5, 5.41) is 18.6. The van der Waals surface area contributed by atoms with Crippen molar-refractivity contribution in [3.05, 3.63) is 71.3 Å². The molecule has 1 aliphatic rings. The fourth-order valence-electron chi connectivity index (χ4n) is 3.70. The van der Waals surface area contributed by atoms with Crippen molar-refractivity contribution < 1.29 is 19.5 Å². The van der Waals surface area contributed by atoms with Gasteiger partial charge in [-0.15, -0.1) is 0 Å². The Kier molecular flexibility index (Phi) is 6.17. The first-order chi connectivity index (χ1) is 14.3. The second-order valence-electron chi connectivity index (χ2n) is 7.66. The molecule has 2 aromatic carbocycles. The van der Waals surface area contributed by atoms with Gasteiger partial charge in [-0.25, -0.2) is 14.5 Å². The standard InChI is InChI=1S/C23H23N3O4/c1-15(2)20(22(28)29)26-21(27)19(12-16-6-4-3-5-7-16)25(23(26)30)14-18-10-8-17(13-24)9-11-18/h3-11,15,19-20H,12,14H2,1-2H3,(H,28,29). The van der Waals surface area contributed by atoms with Crippen molar-refractivity contribution in [1.82, 2.24) is 9.80 Å². The first-order valence-electron chi connectivity index (χ1n) is 9.73. The van der Waals surface area contributed by atoms with E-state index in [9.17, 15) is 19.5 Å². The number of carboxylic acids is 1. The Labute approximate surface area is 175 Å². The number of benzene rings is 2. The van der Waals surface area contributed by atoms with Gasteiger partial charge in [0.25, 0.3) is 5.91 Å². The second kappa shape index (κ2) is 8.78. The minimum atomic E-state index is -1.23. The summed E-state index contributed by atoms with van der Waals surface area (Å²) in [5.41, 5.74) is 2.13. The van der Waals surface area contributed by atoms with Crippen LogP contribution in [0.25, 0.3) is 0 Å². The quantitative estimate of drug-likeness (QED) is 0.714. The van der Waals surface area contributed by atoms with Gasteiger partial charge < -0.3 is 10.0 Å². The van der Waals surface area contributed by atoms with Gasteiger partial charge in [0.15, 0.2) is 0 Å². The van der Waals surface area contributed by atoms with E-state index in [1.807, 2.05) is 36.4 Å². The maximum atomic E-state index is 13.2. The zero-order valence-corrected chi connectivity index (χ0v) is 16.9. The number of rotatable bonds is 7. The maximum Gasteiger partial charge on any atom is 0.328 e. The Balaban J connectivity index is 1.96. The van der Waals surface area contributed by atoms with Crippen LogP contribution in [0, 0.1) is 17.2 Å². The highest BCUT2D eigenvalue weighted by Crippen LogP contribution is 2.28. The molecule has 0 spiro atoms. The molecule has 0 bridgehead atoms. The van der Waals surface area contributed by atoms with E-state index in [1.165, 1.54) is 4.90 Å². The maximum absolute atomic E-state index is 13.2. The molecule has 154 valence electrons. The van der Waals surface area contributed by atoms with E-state index in [2.05, 4.69) is 0 Å². The van der Waals surface area contributed by atoms with Crippen molar-refractivity contribution in [1.29, 1.82) is 5.26 Å². The molecular formula is C23H23N3O4. The molecule has 1 N–H and O–H groups in total. The molecule has 1 aliphatic heterocycles. The van der Waals surface area contributed by atoms with E-state index in [-0.39, 0.29) is 6.54 Å². The number of imide groups is 1. The zero-order valence-electron chi connectivity index (χ0n) is 16.9. The van der Waals surface area contributed by atoms with Crippen LogP contribution in [0.1, 0.15) is 30.5 Å². The van der Waals surface area contributed by atoms with Gasteiger partial charge >= 0.3 is 12.0 Å². The number of carboxylic acid groups (broad SMARTS) is 1. The topological polar surface area (TPSA) is 102 Å². The summed E-state index contributed by atoms with van der Waals surface area (Å²) in [6.45, 7) is 3.50. The molecule has 0 saturated carbocycles. The van der Waals surface area contributed by atoms with Gasteiger partial charge in [-0.1, -0.05) is 56.3 Å². The lowest BCUT2D eigenvalue weighted by Crippen LogP contribution is -2.48. The van der Waals surface area contributed by atoms with E-state index < -0.39 is 35.9 Å². The molecule has 7 heteroatoms. The average Bonchev–Trinajstić information content (AvgIpc) is 2.94. The van der Waals surface area contributed by atoms with E-state index >= 15 is 0 Å². The fourth-order valence-corrected chi connectivity index (χ4v) is 3.70. The number of hydrogen-bond acceptors (Lipinski definition) is 4. The molecule has 1 heterocycles. The van der Waals surface area contributed by atoms with Gasteiger partial charge in [-0.3, -0.25) is 4.79 Å². The van der Waals surface area contributed by atoms with Crippen LogP contribution in [0.5, 0.6) is 0 Å². The van der Waals surface area contributed by atoms with Crippen LogP contribution in [0.15, 0.2) is 54.6 Å². The smallest absolute Gasteiger partial charge is 0.328 e. The number of nitriles is 1. The van der Waals surface area contributed by atoms with E-state index in [0.717, 1.165) is 16.0 Å². The lowest BCUT2D eigenvalue weighted by molar-refractivity contribution is -0.148. The summed E-state index contributed by atoms with van der Waals surface area (Å²) in [6.07, 6.45) is 0.294. The van der Waals surface area contributed by atoms with Crippen LogP contribution in [-0.4, -0.2) is 44.9 Å². The number of amides is 3. The van der Waals surface area contributed by atoms with E-state index in [4.69, 9.17) is 5.26 Å². The van der Waals surface area contributed by atoms with Crippen molar-refractivity contribution in [2.75, 3.05) is 0 Å². The first kappa shape index (κ1) is 21.1. The molecular weight excluding hydrogens is 382 g/mol. The molecule has 2 atom stereocenters. The van der Waals surface area contributed by atoms with Crippen LogP contribution >= 0.6 is 0 Å². The third-order valence-electron chi connectivity index (χ3n) is 5.22. The Morgan fingerprint density at radius 3 is 2.23 bits per heavy atom. The lowest BCUT2D eigenvalue weighted by Gasteiger charge is -2.25. The van der Waals surface area contributed by atoms with Gasteiger partial charge in [0.05, 0.1) is 11.6 Å². The number of aliphatic carboxylic acids is 1. The van der Waals surface area contributed by atoms with Crippen LogP contribution in [0.2, 0.25) is 0 Å². The average molecular weight is 405 g/mol. The molecule has 3 rings (SSSR count). The number of nitrogens with zero attached hydrogens (tertiary/aromatic N) is 3. The van der Waals surface area contributed by atoms with Crippen LogP contribution in [0.4, 0.5) is 4.79 Å². The fraction of sp³-hybridized carbons (Fsp3) is 0.304. The number of hydrogen-bond donors (Lipinski definition) is 1. The first-order valence-corrected chi connectivity index (χ1v) is 9.73. The predicted octanol–water partition coefficient (Wildman–Crippen LogP) is 3.04. The highest BCUT2D eigenvalue weighted by atomic mass is 16.4. The van der Waals surface area contributed by atoms with Gasteiger partial charge in [0, 0.05) is 13.0 Å². The highest BCUT2D eigenvalue weighted by Gasteiger charge is 2.50. The van der Waals surface area contributed by atoms with Crippen molar-refractivity contribution in [3.8, 4) is 6.07 Å². The van der Waals surface area contributed by atoms with Gasteiger partial charge in [-0.05, 0) is 29.2 Å². The second-order valence-corrected chi connectivity index (χ2v) is 7.66. The summed E-state index contributed by atoms with van der Waals surface area (Å²) in [7, 11) is 0. The summed E-state index contributed by atoms with van der Waals surface area (Å²) < 4.78 is 0. The molecule has 2 aromatic rings. The monoisotopic (exact) mass is 405 g/mol. The van der Waals surface area contributed by atoms with Crippen molar-refractivity contribution >= 4 is 17.9 Å². The largest absolute Gasteiger partial charge is 0.480 e. The Bertz CT molecular complexity index is 980. The number of carbonyl (C=O) groups is 3. The predicted molar refractivity (Wildman–Crippen MR) is 109 cm³/mol. The molecule has 2 unspecified atom stereocenters. The molecule has 0 aromatic heterocycles. The molecule has 0 aliphatic carbocycles. The normalized spacial score (nSPS) is 17.3. The van der Waals surface area contributed by atoms with Crippen molar-refractivity contribution in [2.45, 2.75) is 38.9 Å². The summed E-state index contributed by atoms with van der Waals surface area (Å²) >= 11 is 0. The SMILES string of the molecule is CC(C)C(C(=O)O)N1C(=O)C(Cc2ccccc2)N(Cc2ccc(C#N)cc2)C1=O. The van der Waals surface area contributed by atoms with Crippen LogP contribution in [0.3, 0.4) is 0 Å². The third-order valence-corrected chi connectivity index (χ3v) is 5.22. The summed E-state index contributed by atoms with van der Waals surface area (Å²) in [4.78, 5) is 40.6. The van der Waals surface area contributed by atoms with Gasteiger partial charge in [0.1, 0.15) is 12.1 Å². The molecule has 3 amide bonds. The summed E-state index contributed by atoms with van der Waals surface area (Å²) in [5.74, 6) is -2.13. The van der Waals surface area contributed by atoms with E-state index in [1.54, 1.807) is 38.1 Å². The Morgan fingerprint density at radius 1 is 1.07 bits per heavy atom. The highest BCUT2D eigenvalue weighted by molar-refractivity contribution is 6.07. The zero-order chi connectivity index (χ0) is 21.8. The molecule has 1 saturated heterocycles. The number of carbonyl (C=O) groups excluding carboxylic acids is 2. The van der Waals surface area contributed by atoms with Crippen LogP contribution in [-0.2, 0) is 22.6 Å². The van der Waals surface area contributed by atoms with Crippen LogP contribution < -0.4 is 0 Å². The minimum absolute atomic E-state index is 0.148. The van der Waals surface area contributed by atoms with Crippen molar-refractivity contribution in [3.63, 3.8) is 0 Å². The molecule has 30 heavy (non-hydrogen) atoms. The van der Waals surface area contributed by atoms with Gasteiger partial charge in [-0.2, -0.15) is 5.26 Å². The molecule has 1 fully saturated rings. The molecule has 0 radical (unpaired) electrons. The summed E-state index contributed by atoms with van der Waals surface area (Å²) in [6, 6.07) is 15.5. The molecule has 7 nitrogen and oxygen atoms in total. The Morgan fingerprint density at radius 2 is 1.70 bits per heavy atom. The van der Waals surface area contributed by atoms with Crippen molar-refractivity contribution in [2.24, 2.45) is 5.92 Å².